The van der Waals surface area contributed by atoms with Gasteiger partial charge in [-0.3, -0.25) is 4.79 Å². The molecule has 1 atom stereocenters. The van der Waals surface area contributed by atoms with E-state index in [0.717, 1.165) is 0 Å². The topological polar surface area (TPSA) is 29.1 Å². The second kappa shape index (κ2) is 4.69. The molecule has 2 nitrogen and oxygen atoms in total. The SMILES string of the molecule is CC(=O)NC(C)c1ccc2c(c1)CCCC2. The quantitative estimate of drug-likeness (QED) is 0.811. The largest absolute Gasteiger partial charge is 0.350 e. The average molecular weight is 217 g/mol. The summed E-state index contributed by atoms with van der Waals surface area (Å²) in [5.41, 5.74) is 4.18. The Morgan fingerprint density at radius 3 is 2.62 bits per heavy atom. The van der Waals surface area contributed by atoms with Gasteiger partial charge >= 0.3 is 0 Å². The van der Waals surface area contributed by atoms with Crippen LogP contribution in [-0.4, -0.2) is 5.91 Å². The number of amides is 1. The lowest BCUT2D eigenvalue weighted by Crippen LogP contribution is -2.23. The summed E-state index contributed by atoms with van der Waals surface area (Å²) in [6, 6.07) is 6.74. The van der Waals surface area contributed by atoms with Crippen LogP contribution in [0.1, 0.15) is 49.4 Å². The number of carbonyl (C=O) groups is 1. The maximum absolute atomic E-state index is 11.0. The number of hydrogen-bond donors (Lipinski definition) is 1. The van der Waals surface area contributed by atoms with Crippen molar-refractivity contribution in [1.29, 1.82) is 0 Å². The first-order chi connectivity index (χ1) is 7.66. The predicted molar refractivity (Wildman–Crippen MR) is 65.3 cm³/mol. The first-order valence-corrected chi connectivity index (χ1v) is 6.05. The highest BCUT2D eigenvalue weighted by Gasteiger charge is 2.12. The minimum absolute atomic E-state index is 0.0326. The molecule has 1 unspecified atom stereocenters. The molecule has 0 saturated carbocycles. The zero-order chi connectivity index (χ0) is 11.5. The monoisotopic (exact) mass is 217 g/mol. The lowest BCUT2D eigenvalue weighted by atomic mass is 9.89. The third-order valence-corrected chi connectivity index (χ3v) is 3.29. The molecule has 0 radical (unpaired) electrons. The molecule has 0 fully saturated rings. The molecule has 0 spiro atoms. The van der Waals surface area contributed by atoms with Crippen LogP contribution in [0.25, 0.3) is 0 Å². The highest BCUT2D eigenvalue weighted by molar-refractivity contribution is 5.73. The Balaban J connectivity index is 2.19. The van der Waals surface area contributed by atoms with Gasteiger partial charge in [0.05, 0.1) is 6.04 Å². The van der Waals surface area contributed by atoms with Gasteiger partial charge in [0.1, 0.15) is 0 Å². The third kappa shape index (κ3) is 2.43. The number of nitrogens with one attached hydrogen (secondary N) is 1. The summed E-state index contributed by atoms with van der Waals surface area (Å²) in [5.74, 6) is 0.0326. The highest BCUT2D eigenvalue weighted by atomic mass is 16.1. The van der Waals surface area contributed by atoms with E-state index in [9.17, 15) is 4.79 Å². The van der Waals surface area contributed by atoms with Gasteiger partial charge < -0.3 is 5.32 Å². The number of carbonyl (C=O) groups excluding carboxylic acids is 1. The molecular weight excluding hydrogens is 198 g/mol. The van der Waals surface area contributed by atoms with Crippen LogP contribution in [0, 0.1) is 0 Å². The Hall–Kier alpha value is -1.31. The molecule has 86 valence electrons. The van der Waals surface area contributed by atoms with Crippen molar-refractivity contribution < 1.29 is 4.79 Å². The number of hydrogen-bond acceptors (Lipinski definition) is 1. The van der Waals surface area contributed by atoms with Crippen LogP contribution in [0.5, 0.6) is 0 Å². The molecule has 0 bridgehead atoms. The van der Waals surface area contributed by atoms with Crippen molar-refractivity contribution in [1.82, 2.24) is 5.32 Å². The second-order valence-corrected chi connectivity index (χ2v) is 4.66. The van der Waals surface area contributed by atoms with Crippen LogP contribution in [0.3, 0.4) is 0 Å². The summed E-state index contributed by atoms with van der Waals surface area (Å²) >= 11 is 0. The van der Waals surface area contributed by atoms with Gasteiger partial charge in [-0.1, -0.05) is 18.2 Å². The summed E-state index contributed by atoms with van der Waals surface area (Å²) in [6.45, 7) is 3.60. The Morgan fingerprint density at radius 2 is 1.94 bits per heavy atom. The van der Waals surface area contributed by atoms with E-state index in [1.54, 1.807) is 6.92 Å². The average Bonchev–Trinajstić information content (AvgIpc) is 2.27. The number of fused-ring (bicyclic) bond motifs is 1. The van der Waals surface area contributed by atoms with Crippen molar-refractivity contribution in [2.45, 2.75) is 45.6 Å². The van der Waals surface area contributed by atoms with Crippen LogP contribution >= 0.6 is 0 Å². The van der Waals surface area contributed by atoms with Crippen LogP contribution < -0.4 is 5.32 Å². The molecular formula is C14H19NO. The summed E-state index contributed by atoms with van der Waals surface area (Å²) in [7, 11) is 0. The van der Waals surface area contributed by atoms with Crippen molar-refractivity contribution in [3.63, 3.8) is 0 Å². The van der Waals surface area contributed by atoms with Crippen molar-refractivity contribution in [2.75, 3.05) is 0 Å². The van der Waals surface area contributed by atoms with E-state index in [4.69, 9.17) is 0 Å². The molecule has 2 rings (SSSR count). The van der Waals surface area contributed by atoms with E-state index >= 15 is 0 Å². The summed E-state index contributed by atoms with van der Waals surface area (Å²) in [4.78, 5) is 11.0. The molecule has 1 aliphatic carbocycles. The molecule has 1 N–H and O–H groups in total. The van der Waals surface area contributed by atoms with Gasteiger partial charge in [-0.25, -0.2) is 0 Å². The lowest BCUT2D eigenvalue weighted by Gasteiger charge is -2.19. The Kier molecular flexibility index (Phi) is 3.28. The summed E-state index contributed by atoms with van der Waals surface area (Å²) in [5, 5.41) is 2.93. The van der Waals surface area contributed by atoms with Gasteiger partial charge in [-0.05, 0) is 49.3 Å². The van der Waals surface area contributed by atoms with Gasteiger partial charge in [0.15, 0.2) is 0 Å². The molecule has 0 saturated heterocycles. The molecule has 1 aliphatic rings. The number of rotatable bonds is 2. The number of aryl methyl sites for hydroxylation is 2. The van der Waals surface area contributed by atoms with Crippen molar-refractivity contribution in [3.8, 4) is 0 Å². The van der Waals surface area contributed by atoms with Crippen molar-refractivity contribution in [2.24, 2.45) is 0 Å². The first kappa shape index (κ1) is 11.2. The van der Waals surface area contributed by atoms with E-state index in [1.807, 2.05) is 6.92 Å². The van der Waals surface area contributed by atoms with Gasteiger partial charge in [0.2, 0.25) is 5.91 Å². The Labute approximate surface area is 97.1 Å². The smallest absolute Gasteiger partial charge is 0.217 e. The predicted octanol–water partition coefficient (Wildman–Crippen LogP) is 2.76. The fourth-order valence-electron chi connectivity index (χ4n) is 2.41. The summed E-state index contributed by atoms with van der Waals surface area (Å²) < 4.78 is 0. The van der Waals surface area contributed by atoms with E-state index < -0.39 is 0 Å². The zero-order valence-electron chi connectivity index (χ0n) is 10.0. The molecule has 16 heavy (non-hydrogen) atoms. The minimum Gasteiger partial charge on any atom is -0.350 e. The van der Waals surface area contributed by atoms with E-state index in [-0.39, 0.29) is 11.9 Å². The Bertz CT molecular complexity index is 398. The molecule has 1 aromatic carbocycles. The van der Waals surface area contributed by atoms with E-state index in [2.05, 4.69) is 23.5 Å². The highest BCUT2D eigenvalue weighted by Crippen LogP contribution is 2.24. The minimum atomic E-state index is 0.0326. The molecule has 0 heterocycles. The number of benzene rings is 1. The molecule has 1 aromatic rings. The Morgan fingerprint density at radius 1 is 1.25 bits per heavy atom. The van der Waals surface area contributed by atoms with Gasteiger partial charge in [0.25, 0.3) is 0 Å². The van der Waals surface area contributed by atoms with Gasteiger partial charge in [-0.15, -0.1) is 0 Å². The molecule has 1 amide bonds. The molecule has 0 aliphatic heterocycles. The van der Waals surface area contributed by atoms with Crippen LogP contribution in [-0.2, 0) is 17.6 Å². The van der Waals surface area contributed by atoms with Crippen LogP contribution in [0.15, 0.2) is 18.2 Å². The second-order valence-electron chi connectivity index (χ2n) is 4.66. The normalized spacial score (nSPS) is 16.4. The maximum Gasteiger partial charge on any atom is 0.217 e. The van der Waals surface area contributed by atoms with E-state index in [1.165, 1.54) is 42.4 Å². The first-order valence-electron chi connectivity index (χ1n) is 6.05. The summed E-state index contributed by atoms with van der Waals surface area (Å²) in [6.07, 6.45) is 5.01. The van der Waals surface area contributed by atoms with Gasteiger partial charge in [-0.2, -0.15) is 0 Å². The van der Waals surface area contributed by atoms with Crippen molar-refractivity contribution >= 4 is 5.91 Å². The van der Waals surface area contributed by atoms with Crippen LogP contribution in [0.2, 0.25) is 0 Å². The lowest BCUT2D eigenvalue weighted by molar-refractivity contribution is -0.119. The van der Waals surface area contributed by atoms with Crippen molar-refractivity contribution in [3.05, 3.63) is 34.9 Å². The van der Waals surface area contributed by atoms with Crippen LogP contribution in [0.4, 0.5) is 0 Å². The third-order valence-electron chi connectivity index (χ3n) is 3.29. The van der Waals surface area contributed by atoms with Gasteiger partial charge in [0, 0.05) is 6.92 Å². The maximum atomic E-state index is 11.0. The molecule has 0 aromatic heterocycles. The fraction of sp³-hybridized carbons (Fsp3) is 0.500. The molecule has 2 heteroatoms. The standard InChI is InChI=1S/C14H19NO/c1-10(15-11(2)16)13-8-7-12-5-3-4-6-14(12)9-13/h7-10H,3-6H2,1-2H3,(H,15,16). The van der Waals surface area contributed by atoms with E-state index in [0.29, 0.717) is 0 Å². The fourth-order valence-corrected chi connectivity index (χ4v) is 2.41. The zero-order valence-corrected chi connectivity index (χ0v) is 10.0.